The van der Waals surface area contributed by atoms with Crippen molar-refractivity contribution in [2.24, 2.45) is 10.8 Å². The van der Waals surface area contributed by atoms with Crippen LogP contribution in [0.1, 0.15) is 107 Å². The number of rotatable bonds is 11. The molecule has 2 atom stereocenters. The lowest BCUT2D eigenvalue weighted by molar-refractivity contribution is -0.151. The molecule has 0 bridgehead atoms. The van der Waals surface area contributed by atoms with Crippen molar-refractivity contribution in [3.05, 3.63) is 93.0 Å². The summed E-state index contributed by atoms with van der Waals surface area (Å²) in [7, 11) is -3.47. The molecular weight excluding hydrogens is 607 g/mol. The number of benzene rings is 3. The van der Waals surface area contributed by atoms with Gasteiger partial charge in [-0.1, -0.05) is 70.5 Å². The molecule has 1 fully saturated rings. The second-order valence-electron chi connectivity index (χ2n) is 13.6. The third-order valence-electron chi connectivity index (χ3n) is 9.60. The third-order valence-corrected chi connectivity index (χ3v) is 11.4. The van der Waals surface area contributed by atoms with Crippen LogP contribution in [0.3, 0.4) is 0 Å². The number of carbonyl (C=O) groups excluding carboxylic acids is 1. The van der Waals surface area contributed by atoms with Crippen molar-refractivity contribution in [2.75, 3.05) is 13.0 Å². The highest BCUT2D eigenvalue weighted by Gasteiger charge is 2.43. The van der Waals surface area contributed by atoms with Crippen molar-refractivity contribution in [3.63, 3.8) is 0 Å². The van der Waals surface area contributed by atoms with Crippen molar-refractivity contribution < 1.29 is 27.9 Å². The molecule has 0 spiro atoms. The summed E-state index contributed by atoms with van der Waals surface area (Å²) in [6, 6.07) is 17.4. The van der Waals surface area contributed by atoms with E-state index in [1.54, 1.807) is 6.07 Å². The summed E-state index contributed by atoms with van der Waals surface area (Å²) in [5.41, 5.74) is 5.50. The van der Waals surface area contributed by atoms with Crippen molar-refractivity contribution in [1.29, 1.82) is 0 Å². The molecule has 0 N–H and O–H groups in total. The van der Waals surface area contributed by atoms with Gasteiger partial charge in [-0.25, -0.2) is 0 Å². The van der Waals surface area contributed by atoms with Crippen LogP contribution in [0.2, 0.25) is 5.02 Å². The van der Waals surface area contributed by atoms with Crippen molar-refractivity contribution in [2.45, 2.75) is 93.6 Å². The largest absolute Gasteiger partial charge is 0.481 e. The van der Waals surface area contributed by atoms with E-state index in [4.69, 9.17) is 30.1 Å². The first-order chi connectivity index (χ1) is 21.0. The fourth-order valence-corrected chi connectivity index (χ4v) is 7.15. The summed E-state index contributed by atoms with van der Waals surface area (Å²) < 4.78 is 37.0. The average Bonchev–Trinajstić information content (AvgIpc) is 2.98. The zero-order valence-electron chi connectivity index (χ0n) is 28.2. The van der Waals surface area contributed by atoms with E-state index in [0.29, 0.717) is 36.0 Å². The molecule has 8 heteroatoms. The maximum atomic E-state index is 13.4. The zero-order chi connectivity index (χ0) is 33.2. The van der Waals surface area contributed by atoms with E-state index < -0.39 is 13.0 Å². The molecule has 3 aromatic rings. The molecular formula is C37H48ClO6P. The number of hydrogen-bond donors (Lipinski definition) is 0. The van der Waals surface area contributed by atoms with Crippen molar-refractivity contribution in [1.82, 2.24) is 0 Å². The van der Waals surface area contributed by atoms with Gasteiger partial charge >= 0.3 is 13.6 Å². The molecule has 0 saturated carbocycles. The highest BCUT2D eigenvalue weighted by atomic mass is 35.5. The molecule has 3 aromatic carbocycles. The summed E-state index contributed by atoms with van der Waals surface area (Å²) in [6.45, 7) is 18.9. The molecule has 0 aromatic heterocycles. The van der Waals surface area contributed by atoms with Gasteiger partial charge < -0.3 is 14.0 Å². The van der Waals surface area contributed by atoms with Crippen LogP contribution < -0.4 is 9.47 Å². The van der Waals surface area contributed by atoms with Gasteiger partial charge in [0.1, 0.15) is 11.5 Å². The van der Waals surface area contributed by atoms with Gasteiger partial charge in [-0.05, 0) is 116 Å². The number of ether oxygens (including phenoxy) is 2. The quantitative estimate of drug-likeness (QED) is 0.116. The average molecular weight is 655 g/mol. The summed E-state index contributed by atoms with van der Waals surface area (Å²) in [4.78, 5) is 13.3. The van der Waals surface area contributed by atoms with E-state index in [9.17, 15) is 9.36 Å². The third kappa shape index (κ3) is 8.21. The monoisotopic (exact) mass is 654 g/mol. The van der Waals surface area contributed by atoms with E-state index in [1.165, 1.54) is 5.56 Å². The van der Waals surface area contributed by atoms with E-state index >= 15 is 0 Å². The number of halogens is 1. The normalized spacial score (nSPS) is 19.0. The number of hydrogen-bond acceptors (Lipinski definition) is 6. The van der Waals surface area contributed by atoms with Crippen LogP contribution >= 0.6 is 19.2 Å². The summed E-state index contributed by atoms with van der Waals surface area (Å²) in [5.74, 6) is 1.20. The van der Waals surface area contributed by atoms with E-state index in [0.717, 1.165) is 34.2 Å². The fourth-order valence-electron chi connectivity index (χ4n) is 5.45. The van der Waals surface area contributed by atoms with E-state index in [-0.39, 0.29) is 29.8 Å². The Labute approximate surface area is 274 Å². The predicted molar refractivity (Wildman–Crippen MR) is 182 cm³/mol. The Morgan fingerprint density at radius 2 is 1.73 bits per heavy atom. The van der Waals surface area contributed by atoms with Crippen LogP contribution in [0, 0.1) is 24.7 Å². The molecule has 1 heterocycles. The molecule has 0 aliphatic carbocycles. The first-order valence-electron chi connectivity index (χ1n) is 15.8. The zero-order valence-corrected chi connectivity index (χ0v) is 29.8. The molecule has 1 aliphatic rings. The van der Waals surface area contributed by atoms with E-state index in [1.807, 2.05) is 56.3 Å². The van der Waals surface area contributed by atoms with Crippen molar-refractivity contribution >= 4 is 25.2 Å². The number of esters is 1. The molecule has 0 radical (unpaired) electrons. The Balaban J connectivity index is 1.46. The minimum absolute atomic E-state index is 0.174. The molecule has 4 rings (SSSR count). The molecule has 244 valence electrons. The van der Waals surface area contributed by atoms with Gasteiger partial charge in [0, 0.05) is 11.4 Å². The molecule has 1 unspecified atom stereocenters. The Hall–Kier alpha value is -2.63. The number of carbonyl (C=O) groups is 1. The Bertz CT molecular complexity index is 1550. The van der Waals surface area contributed by atoms with Crippen LogP contribution in [-0.2, 0) is 24.8 Å². The fraction of sp³-hybridized carbons (Fsp3) is 0.486. The van der Waals surface area contributed by atoms with Crippen LogP contribution in [0.15, 0.2) is 54.6 Å². The Kier molecular flexibility index (Phi) is 11.0. The summed E-state index contributed by atoms with van der Waals surface area (Å²) >= 11 is 6.15. The van der Waals surface area contributed by atoms with Gasteiger partial charge in [-0.3, -0.25) is 13.9 Å². The van der Waals surface area contributed by atoms with Crippen molar-refractivity contribution in [3.8, 4) is 11.5 Å². The van der Waals surface area contributed by atoms with Gasteiger partial charge in [0.05, 0.1) is 18.1 Å². The molecule has 0 amide bonds. The second kappa shape index (κ2) is 14.0. The van der Waals surface area contributed by atoms with E-state index in [2.05, 4.69) is 54.5 Å². The predicted octanol–water partition coefficient (Wildman–Crippen LogP) is 10.7. The lowest BCUT2D eigenvalue weighted by atomic mass is 9.66. The van der Waals surface area contributed by atoms with Gasteiger partial charge in [-0.15, -0.1) is 0 Å². The van der Waals surface area contributed by atoms with Crippen LogP contribution in [0.25, 0.3) is 0 Å². The maximum absolute atomic E-state index is 13.4. The number of aryl methyl sites for hydroxylation is 2. The molecule has 1 saturated heterocycles. The van der Waals surface area contributed by atoms with Crippen LogP contribution in [-0.4, -0.2) is 18.9 Å². The Morgan fingerprint density at radius 3 is 2.36 bits per heavy atom. The highest BCUT2D eigenvalue weighted by Crippen LogP contribution is 2.56. The summed E-state index contributed by atoms with van der Waals surface area (Å²) in [6.07, 6.45) is 1.64. The summed E-state index contributed by atoms with van der Waals surface area (Å²) in [5, 5.41) is 0.607. The lowest BCUT2D eigenvalue weighted by Gasteiger charge is -2.38. The molecule has 6 nitrogen and oxygen atoms in total. The van der Waals surface area contributed by atoms with Crippen LogP contribution in [0.5, 0.6) is 11.5 Å². The lowest BCUT2D eigenvalue weighted by Crippen LogP contribution is -2.42. The highest BCUT2D eigenvalue weighted by molar-refractivity contribution is 7.53. The first kappa shape index (κ1) is 35.2. The van der Waals surface area contributed by atoms with Gasteiger partial charge in [-0.2, -0.15) is 0 Å². The minimum Gasteiger partial charge on any atom is -0.481 e. The second-order valence-corrected chi connectivity index (χ2v) is 16.0. The minimum atomic E-state index is -3.47. The Morgan fingerprint density at radius 1 is 1.04 bits per heavy atom. The van der Waals surface area contributed by atoms with Gasteiger partial charge in [0.2, 0.25) is 0 Å². The smallest absolute Gasteiger partial charge is 0.368 e. The topological polar surface area (TPSA) is 71.1 Å². The van der Waals surface area contributed by atoms with Crippen LogP contribution in [0.4, 0.5) is 0 Å². The molecule has 1 aliphatic heterocycles. The standard InChI is InChI=1S/C37H48ClO6P/c1-10-36(6,7)37(8,9)35(39)43-34-15-14-27(20-31(34)24(2)3)21-32-25(4)18-30(19-26(32)5)41-23-45(40)42-17-16-33(44-45)28-12-11-13-29(38)22-28/h11-15,18-20,22,24,33H,10,16-17,21,23H2,1-9H3/t33?,45-/m1/s1. The SMILES string of the molecule is CCC(C)(C)C(C)(C)C(=O)Oc1ccc(Cc2c(C)cc(OC[P@@]3(=O)OCCC(c4cccc(Cl)c4)O3)cc2C)cc1C(C)C. The van der Waals surface area contributed by atoms with Gasteiger partial charge in [0.15, 0.2) is 6.35 Å². The molecule has 45 heavy (non-hydrogen) atoms. The maximum Gasteiger partial charge on any atom is 0.368 e. The van der Waals surface area contributed by atoms with Gasteiger partial charge in [0.25, 0.3) is 0 Å². The first-order valence-corrected chi connectivity index (χ1v) is 17.9.